The van der Waals surface area contributed by atoms with E-state index >= 15 is 0 Å². The number of ether oxygens (including phenoxy) is 1. The molecule has 4 aromatic rings. The minimum Gasteiger partial charge on any atom is -0.394 e. The number of Topliss-reactive ketones (excluding diaryl/α,β-unsaturated/α-hetero) is 1. The molecule has 1 aliphatic rings. The molecule has 0 saturated carbocycles. The second-order valence-electron chi connectivity index (χ2n) is 9.84. The molecule has 0 aliphatic carbocycles. The van der Waals surface area contributed by atoms with E-state index in [0.29, 0.717) is 23.0 Å². The van der Waals surface area contributed by atoms with Crippen molar-refractivity contribution >= 4 is 33.4 Å². The van der Waals surface area contributed by atoms with Crippen molar-refractivity contribution < 1.29 is 34.8 Å². The number of carbonyl (C=O) groups is 2. The second-order valence-corrected chi connectivity index (χ2v) is 9.84. The lowest BCUT2D eigenvalue weighted by Gasteiger charge is -2.46. The monoisotopic (exact) mass is 518 g/mol. The highest BCUT2D eigenvalue weighted by Crippen LogP contribution is 2.31. The maximum absolute atomic E-state index is 13.6. The molecular weight excluding hydrogens is 488 g/mol. The summed E-state index contributed by atoms with van der Waals surface area (Å²) in [5, 5.41) is 46.1. The van der Waals surface area contributed by atoms with E-state index in [-0.39, 0.29) is 17.8 Å². The number of fused-ring (bicyclic) bond motifs is 2. The normalized spacial score (nSPS) is 23.6. The molecule has 198 valence electrons. The third kappa shape index (κ3) is 4.59. The lowest BCUT2D eigenvalue weighted by atomic mass is 9.85. The zero-order valence-corrected chi connectivity index (χ0v) is 20.9. The van der Waals surface area contributed by atoms with Crippen LogP contribution in [-0.2, 0) is 11.3 Å². The molecule has 9 heteroatoms. The summed E-state index contributed by atoms with van der Waals surface area (Å²) in [6.07, 6.45) is -2.37. The van der Waals surface area contributed by atoms with Gasteiger partial charge < -0.3 is 35.0 Å². The van der Waals surface area contributed by atoms with Crippen LogP contribution >= 0.6 is 0 Å². The number of hydrogen-bond acceptors (Lipinski definition) is 7. The Morgan fingerprint density at radius 2 is 1.82 bits per heavy atom. The number of nitrogens with one attached hydrogen (secondary N) is 1. The summed E-state index contributed by atoms with van der Waals surface area (Å²) in [6, 6.07) is 19.2. The average Bonchev–Trinajstić information content (AvgIpc) is 3.28. The van der Waals surface area contributed by atoms with Crippen LogP contribution in [0.25, 0.3) is 21.7 Å². The number of benzene rings is 3. The van der Waals surface area contributed by atoms with Crippen molar-refractivity contribution in [3.05, 3.63) is 83.6 Å². The third-order valence-electron chi connectivity index (χ3n) is 7.35. The molecule has 1 unspecified atom stereocenters. The molecule has 1 amide bonds. The first kappa shape index (κ1) is 26.0. The number of aliphatic hydroxyl groups excluding tert-OH is 4. The molecule has 5 N–H and O–H groups in total. The highest BCUT2D eigenvalue weighted by Gasteiger charge is 2.51. The standard InChI is InChI=1S/C29H30N2O7/c1-17(34)20-8-9-23-24(27(36)30-29(16-33)26(35)12-22(15-32)38-28(29)37)14-31(25(23)11-20)13-18-6-7-19-4-2-3-5-21(19)10-18/h2-11,14,22,26,28,32-33,35,37H,12-13,15-16H2,1H3,(H,30,36)/t22-,26-,28?,29+/m0/s1. The van der Waals surface area contributed by atoms with Crippen LogP contribution in [0.4, 0.5) is 0 Å². The quantitative estimate of drug-likeness (QED) is 0.236. The van der Waals surface area contributed by atoms with Crippen LogP contribution in [0.5, 0.6) is 0 Å². The maximum atomic E-state index is 13.6. The predicted octanol–water partition coefficient (Wildman–Crippen LogP) is 1.97. The summed E-state index contributed by atoms with van der Waals surface area (Å²) in [5.74, 6) is -0.749. The predicted molar refractivity (Wildman–Crippen MR) is 141 cm³/mol. The zero-order valence-electron chi connectivity index (χ0n) is 20.9. The lowest BCUT2D eigenvalue weighted by molar-refractivity contribution is -0.253. The SMILES string of the molecule is CC(=O)c1ccc2c(C(=O)N[C@@]3(CO)C(O)O[C@H](CO)C[C@@H]3O)cn(Cc3ccc4ccccc4c3)c2c1. The van der Waals surface area contributed by atoms with Crippen LogP contribution in [-0.4, -0.2) is 73.9 Å². The fourth-order valence-corrected chi connectivity index (χ4v) is 5.10. The van der Waals surface area contributed by atoms with Gasteiger partial charge in [0.15, 0.2) is 12.1 Å². The largest absolute Gasteiger partial charge is 0.394 e. The number of amides is 1. The summed E-state index contributed by atoms with van der Waals surface area (Å²) >= 11 is 0. The van der Waals surface area contributed by atoms with Gasteiger partial charge in [0.1, 0.15) is 5.54 Å². The van der Waals surface area contributed by atoms with Crippen molar-refractivity contribution in [3.8, 4) is 0 Å². The molecule has 4 atom stereocenters. The molecule has 2 heterocycles. The van der Waals surface area contributed by atoms with Crippen LogP contribution < -0.4 is 5.32 Å². The summed E-state index contributed by atoms with van der Waals surface area (Å²) in [5.41, 5.74) is 0.516. The molecule has 1 aliphatic heterocycles. The Hall–Kier alpha value is -3.60. The van der Waals surface area contributed by atoms with Gasteiger partial charge in [-0.15, -0.1) is 0 Å². The van der Waals surface area contributed by atoms with Crippen LogP contribution in [0.1, 0.15) is 39.6 Å². The third-order valence-corrected chi connectivity index (χ3v) is 7.35. The Morgan fingerprint density at radius 1 is 1.05 bits per heavy atom. The topological polar surface area (TPSA) is 141 Å². The smallest absolute Gasteiger partial charge is 0.254 e. The molecule has 0 bridgehead atoms. The molecule has 0 spiro atoms. The molecule has 0 radical (unpaired) electrons. The van der Waals surface area contributed by atoms with Crippen LogP contribution in [0.3, 0.4) is 0 Å². The number of aliphatic hydroxyl groups is 4. The summed E-state index contributed by atoms with van der Waals surface area (Å²) in [4.78, 5) is 25.7. The minimum atomic E-state index is -1.88. The number of nitrogens with zero attached hydrogens (tertiary/aromatic N) is 1. The molecule has 3 aromatic carbocycles. The van der Waals surface area contributed by atoms with E-state index in [1.54, 1.807) is 24.4 Å². The minimum absolute atomic E-state index is 0.0832. The molecule has 1 aromatic heterocycles. The van der Waals surface area contributed by atoms with Gasteiger partial charge in [0.25, 0.3) is 5.91 Å². The van der Waals surface area contributed by atoms with Gasteiger partial charge in [-0.05, 0) is 35.4 Å². The van der Waals surface area contributed by atoms with Gasteiger partial charge in [0.2, 0.25) is 0 Å². The van der Waals surface area contributed by atoms with Gasteiger partial charge >= 0.3 is 0 Å². The first-order chi connectivity index (χ1) is 18.3. The first-order valence-corrected chi connectivity index (χ1v) is 12.4. The van der Waals surface area contributed by atoms with Crippen LogP contribution in [0.15, 0.2) is 66.9 Å². The van der Waals surface area contributed by atoms with Crippen molar-refractivity contribution in [3.63, 3.8) is 0 Å². The number of hydrogen-bond donors (Lipinski definition) is 5. The van der Waals surface area contributed by atoms with Gasteiger partial charge in [-0.25, -0.2) is 0 Å². The maximum Gasteiger partial charge on any atom is 0.254 e. The average molecular weight is 519 g/mol. The molecule has 5 rings (SSSR count). The van der Waals surface area contributed by atoms with E-state index in [0.717, 1.165) is 16.3 Å². The van der Waals surface area contributed by atoms with E-state index in [1.807, 2.05) is 41.0 Å². The van der Waals surface area contributed by atoms with Gasteiger partial charge in [0.05, 0.1) is 31.0 Å². The van der Waals surface area contributed by atoms with Crippen LogP contribution in [0, 0.1) is 0 Å². The number of ketones is 1. The van der Waals surface area contributed by atoms with E-state index in [2.05, 4.69) is 11.4 Å². The van der Waals surface area contributed by atoms with Gasteiger partial charge in [-0.3, -0.25) is 9.59 Å². The van der Waals surface area contributed by atoms with Crippen molar-refractivity contribution in [2.75, 3.05) is 13.2 Å². The van der Waals surface area contributed by atoms with Gasteiger partial charge in [-0.1, -0.05) is 48.5 Å². The van der Waals surface area contributed by atoms with Crippen molar-refractivity contribution in [2.45, 2.75) is 43.9 Å². The zero-order chi connectivity index (χ0) is 27.0. The lowest BCUT2D eigenvalue weighted by Crippen LogP contribution is -2.70. The van der Waals surface area contributed by atoms with E-state index in [4.69, 9.17) is 4.74 Å². The Morgan fingerprint density at radius 3 is 2.50 bits per heavy atom. The number of carbonyl (C=O) groups excluding carboxylic acids is 2. The van der Waals surface area contributed by atoms with E-state index in [9.17, 15) is 30.0 Å². The first-order valence-electron chi connectivity index (χ1n) is 12.4. The fraction of sp³-hybridized carbons (Fsp3) is 0.310. The van der Waals surface area contributed by atoms with Gasteiger partial charge in [-0.2, -0.15) is 0 Å². The number of rotatable bonds is 7. The molecule has 1 fully saturated rings. The summed E-state index contributed by atoms with van der Waals surface area (Å²) in [7, 11) is 0. The van der Waals surface area contributed by atoms with Crippen LogP contribution in [0.2, 0.25) is 0 Å². The fourth-order valence-electron chi connectivity index (χ4n) is 5.10. The van der Waals surface area contributed by atoms with E-state index < -0.39 is 43.2 Å². The summed E-state index contributed by atoms with van der Waals surface area (Å²) in [6.45, 7) is 0.684. The highest BCUT2D eigenvalue weighted by atomic mass is 16.6. The Labute approximate surface area is 218 Å². The van der Waals surface area contributed by atoms with Crippen molar-refractivity contribution in [1.29, 1.82) is 0 Å². The molecule has 1 saturated heterocycles. The highest BCUT2D eigenvalue weighted by molar-refractivity contribution is 6.09. The Bertz CT molecular complexity index is 1500. The van der Waals surface area contributed by atoms with Gasteiger partial charge in [0, 0.05) is 35.6 Å². The summed E-state index contributed by atoms with van der Waals surface area (Å²) < 4.78 is 7.20. The second kappa shape index (κ2) is 10.3. The Balaban J connectivity index is 1.53. The van der Waals surface area contributed by atoms with E-state index in [1.165, 1.54) is 6.92 Å². The van der Waals surface area contributed by atoms with Crippen molar-refractivity contribution in [2.24, 2.45) is 0 Å². The molecular formula is C29H30N2O7. The molecule has 38 heavy (non-hydrogen) atoms. The Kier molecular flexibility index (Phi) is 7.04. The molecule has 9 nitrogen and oxygen atoms in total. The number of aromatic nitrogens is 1. The van der Waals surface area contributed by atoms with Crippen molar-refractivity contribution in [1.82, 2.24) is 9.88 Å².